The molecule has 6 heteroatoms. The summed E-state index contributed by atoms with van der Waals surface area (Å²) >= 11 is 1.64. The third-order valence-corrected chi connectivity index (χ3v) is 5.81. The van der Waals surface area contributed by atoms with E-state index in [1.807, 2.05) is 26.2 Å². The van der Waals surface area contributed by atoms with Crippen LogP contribution in [0.15, 0.2) is 29.2 Å². The molecule has 0 saturated carbocycles. The summed E-state index contributed by atoms with van der Waals surface area (Å²) in [6.45, 7) is 9.23. The van der Waals surface area contributed by atoms with Crippen LogP contribution in [0.25, 0.3) is 0 Å². The van der Waals surface area contributed by atoms with E-state index < -0.39 is 10.0 Å². The maximum absolute atomic E-state index is 12.3. The third-order valence-electron chi connectivity index (χ3n) is 3.16. The Bertz CT molecular complexity index is 555. The van der Waals surface area contributed by atoms with Gasteiger partial charge < -0.3 is 5.32 Å². The minimum absolute atomic E-state index is 0.121. The van der Waals surface area contributed by atoms with Crippen molar-refractivity contribution in [3.8, 4) is 0 Å². The Balaban J connectivity index is 2.81. The van der Waals surface area contributed by atoms with Crippen molar-refractivity contribution in [1.82, 2.24) is 10.0 Å². The fraction of sp³-hybridized carbons (Fsp3) is 0.600. The van der Waals surface area contributed by atoms with Crippen LogP contribution in [0.5, 0.6) is 0 Å². The summed E-state index contributed by atoms with van der Waals surface area (Å²) in [5.74, 6) is 0. The first-order valence-corrected chi connectivity index (χ1v) is 9.74. The Hall–Kier alpha value is -0.560. The van der Waals surface area contributed by atoms with Crippen LogP contribution in [0, 0.1) is 0 Å². The molecule has 0 amide bonds. The standard InChI is InChI=1S/C15H26N2O2S2/c1-12(2)16-10-13-7-6-8-14(9-13)21(18,19)17-11-15(3,4)20-5/h6-9,12,16-17H,10-11H2,1-5H3. The lowest BCUT2D eigenvalue weighted by Crippen LogP contribution is -2.36. The molecule has 0 heterocycles. The minimum Gasteiger partial charge on any atom is -0.310 e. The molecule has 0 aliphatic rings. The van der Waals surface area contributed by atoms with Gasteiger partial charge in [-0.3, -0.25) is 0 Å². The lowest BCUT2D eigenvalue weighted by atomic mass is 10.2. The Morgan fingerprint density at radius 3 is 2.52 bits per heavy atom. The van der Waals surface area contributed by atoms with Gasteiger partial charge in [0.15, 0.2) is 0 Å². The van der Waals surface area contributed by atoms with Crippen molar-refractivity contribution in [2.45, 2.75) is 49.9 Å². The highest BCUT2D eigenvalue weighted by molar-refractivity contribution is 8.00. The molecule has 0 aliphatic carbocycles. The topological polar surface area (TPSA) is 58.2 Å². The van der Waals surface area contributed by atoms with E-state index in [1.54, 1.807) is 30.0 Å². The monoisotopic (exact) mass is 330 g/mol. The van der Waals surface area contributed by atoms with Crippen molar-refractivity contribution in [3.05, 3.63) is 29.8 Å². The highest BCUT2D eigenvalue weighted by atomic mass is 32.2. The SMILES string of the molecule is CSC(C)(C)CNS(=O)(=O)c1cccc(CNC(C)C)c1. The number of hydrogen-bond donors (Lipinski definition) is 2. The van der Waals surface area contributed by atoms with Gasteiger partial charge in [-0.2, -0.15) is 11.8 Å². The number of nitrogens with one attached hydrogen (secondary N) is 2. The average molecular weight is 331 g/mol. The quantitative estimate of drug-likeness (QED) is 0.769. The van der Waals surface area contributed by atoms with Crippen LogP contribution in [-0.4, -0.2) is 32.0 Å². The van der Waals surface area contributed by atoms with Crippen LogP contribution in [0.3, 0.4) is 0 Å². The van der Waals surface area contributed by atoms with E-state index in [9.17, 15) is 8.42 Å². The van der Waals surface area contributed by atoms with Gasteiger partial charge in [-0.15, -0.1) is 0 Å². The normalized spacial score (nSPS) is 12.9. The van der Waals surface area contributed by atoms with Gasteiger partial charge in [0.1, 0.15) is 0 Å². The second-order valence-electron chi connectivity index (χ2n) is 5.97. The Morgan fingerprint density at radius 2 is 1.95 bits per heavy atom. The van der Waals surface area contributed by atoms with E-state index >= 15 is 0 Å². The number of rotatable bonds is 8. The van der Waals surface area contributed by atoms with Gasteiger partial charge in [-0.1, -0.05) is 26.0 Å². The van der Waals surface area contributed by atoms with E-state index in [1.165, 1.54) is 0 Å². The van der Waals surface area contributed by atoms with Gasteiger partial charge in [0, 0.05) is 23.9 Å². The molecule has 1 aromatic rings. The summed E-state index contributed by atoms with van der Waals surface area (Å²) in [6.07, 6.45) is 1.98. The molecule has 1 rings (SSSR count). The van der Waals surface area contributed by atoms with Crippen molar-refractivity contribution in [3.63, 3.8) is 0 Å². The van der Waals surface area contributed by atoms with Crippen LogP contribution >= 0.6 is 11.8 Å². The molecular weight excluding hydrogens is 304 g/mol. The first-order valence-electron chi connectivity index (χ1n) is 7.03. The summed E-state index contributed by atoms with van der Waals surface area (Å²) in [6, 6.07) is 7.44. The van der Waals surface area contributed by atoms with Crippen molar-refractivity contribution in [2.75, 3.05) is 12.8 Å². The highest BCUT2D eigenvalue weighted by Crippen LogP contribution is 2.21. The number of sulfonamides is 1. The van der Waals surface area contributed by atoms with Gasteiger partial charge in [0.2, 0.25) is 10.0 Å². The predicted molar refractivity (Wildman–Crippen MR) is 91.2 cm³/mol. The molecule has 120 valence electrons. The first-order chi connectivity index (χ1) is 9.66. The van der Waals surface area contributed by atoms with Crippen LogP contribution in [0.2, 0.25) is 0 Å². The first kappa shape index (κ1) is 18.5. The third kappa shape index (κ3) is 6.38. The largest absolute Gasteiger partial charge is 0.310 e. The smallest absolute Gasteiger partial charge is 0.240 e. The van der Waals surface area contributed by atoms with E-state index in [2.05, 4.69) is 23.9 Å². The summed E-state index contributed by atoms with van der Waals surface area (Å²) in [4.78, 5) is 0.322. The van der Waals surface area contributed by atoms with E-state index in [-0.39, 0.29) is 4.75 Å². The molecule has 21 heavy (non-hydrogen) atoms. The summed E-state index contributed by atoms with van der Waals surface area (Å²) < 4.78 is 27.3. The number of hydrogen-bond acceptors (Lipinski definition) is 4. The molecule has 4 nitrogen and oxygen atoms in total. The molecule has 0 unspecified atom stereocenters. The maximum atomic E-state index is 12.3. The number of benzene rings is 1. The van der Waals surface area contributed by atoms with Crippen molar-refractivity contribution in [2.24, 2.45) is 0 Å². The molecule has 2 N–H and O–H groups in total. The van der Waals surface area contributed by atoms with Crippen LogP contribution in [0.1, 0.15) is 33.3 Å². The predicted octanol–water partition coefficient (Wildman–Crippen LogP) is 2.60. The Kier molecular flexibility index (Phi) is 6.71. The second kappa shape index (κ2) is 7.63. The molecule has 0 radical (unpaired) electrons. The number of thioether (sulfide) groups is 1. The molecule has 0 atom stereocenters. The Morgan fingerprint density at radius 1 is 1.29 bits per heavy atom. The molecule has 0 bridgehead atoms. The van der Waals surface area contributed by atoms with Crippen molar-refractivity contribution in [1.29, 1.82) is 0 Å². The molecule has 0 aliphatic heterocycles. The maximum Gasteiger partial charge on any atom is 0.240 e. The van der Waals surface area contributed by atoms with Gasteiger partial charge in [0.05, 0.1) is 4.90 Å². The summed E-state index contributed by atoms with van der Waals surface area (Å²) in [5, 5.41) is 3.29. The molecule has 1 aromatic carbocycles. The van der Waals surface area contributed by atoms with Crippen molar-refractivity contribution >= 4 is 21.8 Å². The molecule has 0 saturated heterocycles. The van der Waals surface area contributed by atoms with Crippen LogP contribution < -0.4 is 10.0 Å². The highest BCUT2D eigenvalue weighted by Gasteiger charge is 2.21. The van der Waals surface area contributed by atoms with Gasteiger partial charge in [0.25, 0.3) is 0 Å². The van der Waals surface area contributed by atoms with Crippen LogP contribution in [-0.2, 0) is 16.6 Å². The van der Waals surface area contributed by atoms with Gasteiger partial charge in [-0.05, 0) is 37.8 Å². The lowest BCUT2D eigenvalue weighted by Gasteiger charge is -2.22. The molecule has 0 fully saturated rings. The lowest BCUT2D eigenvalue weighted by molar-refractivity contribution is 0.569. The fourth-order valence-corrected chi connectivity index (χ4v) is 3.16. The minimum atomic E-state index is -3.46. The van der Waals surface area contributed by atoms with Gasteiger partial charge >= 0.3 is 0 Å². The molecule has 0 aromatic heterocycles. The van der Waals surface area contributed by atoms with Gasteiger partial charge in [-0.25, -0.2) is 13.1 Å². The zero-order valence-corrected chi connectivity index (χ0v) is 15.1. The fourth-order valence-electron chi connectivity index (χ4n) is 1.57. The zero-order valence-electron chi connectivity index (χ0n) is 13.4. The molecule has 0 spiro atoms. The van der Waals surface area contributed by atoms with E-state index in [0.717, 1.165) is 5.56 Å². The summed E-state index contributed by atoms with van der Waals surface area (Å²) in [5.41, 5.74) is 0.968. The van der Waals surface area contributed by atoms with E-state index in [0.29, 0.717) is 24.0 Å². The van der Waals surface area contributed by atoms with Crippen LogP contribution in [0.4, 0.5) is 0 Å². The summed E-state index contributed by atoms with van der Waals surface area (Å²) in [7, 11) is -3.46. The van der Waals surface area contributed by atoms with Crippen molar-refractivity contribution < 1.29 is 8.42 Å². The molecular formula is C15H26N2O2S2. The average Bonchev–Trinajstić information content (AvgIpc) is 2.44. The zero-order chi connectivity index (χ0) is 16.1. The second-order valence-corrected chi connectivity index (χ2v) is 9.25. The van der Waals surface area contributed by atoms with E-state index in [4.69, 9.17) is 0 Å². The Labute approximate surface area is 133 Å².